The SMILES string of the molecule is CCc1ccc2nc(N3CCN(CCNC(=O)c4ccccc4I)CC3)sc2c1.Cl. The quantitative estimate of drug-likeness (QED) is 0.456. The van der Waals surface area contributed by atoms with Gasteiger partial charge in [-0.2, -0.15) is 0 Å². The summed E-state index contributed by atoms with van der Waals surface area (Å²) >= 11 is 4.00. The zero-order valence-corrected chi connectivity index (χ0v) is 20.7. The number of thiazole rings is 1. The molecule has 1 aliphatic heterocycles. The molecule has 2 aromatic carbocycles. The van der Waals surface area contributed by atoms with Gasteiger partial charge in [0.05, 0.1) is 15.8 Å². The van der Waals surface area contributed by atoms with E-state index in [1.165, 1.54) is 10.3 Å². The van der Waals surface area contributed by atoms with E-state index in [9.17, 15) is 4.79 Å². The van der Waals surface area contributed by atoms with Crippen molar-refractivity contribution >= 4 is 67.6 Å². The molecule has 2 heterocycles. The number of aromatic nitrogens is 1. The number of anilines is 1. The number of nitrogens with one attached hydrogen (secondary N) is 1. The van der Waals surface area contributed by atoms with Crippen LogP contribution in [0.15, 0.2) is 42.5 Å². The predicted octanol–water partition coefficient (Wildman–Crippen LogP) is 4.44. The van der Waals surface area contributed by atoms with Gasteiger partial charge in [-0.1, -0.05) is 36.5 Å². The minimum atomic E-state index is 0. The Hall–Kier alpha value is -1.42. The van der Waals surface area contributed by atoms with E-state index < -0.39 is 0 Å². The first kappa shape index (κ1) is 23.2. The lowest BCUT2D eigenvalue weighted by atomic mass is 10.2. The lowest BCUT2D eigenvalue weighted by molar-refractivity contribution is 0.0947. The second-order valence-corrected chi connectivity index (χ2v) is 9.39. The zero-order valence-electron chi connectivity index (χ0n) is 16.9. The van der Waals surface area contributed by atoms with E-state index >= 15 is 0 Å². The first-order chi connectivity index (χ1) is 14.1. The Kier molecular flexibility index (Phi) is 8.33. The Morgan fingerprint density at radius 2 is 1.93 bits per heavy atom. The Labute approximate surface area is 201 Å². The van der Waals surface area contributed by atoms with Gasteiger partial charge in [-0.05, 0) is 58.8 Å². The van der Waals surface area contributed by atoms with Gasteiger partial charge < -0.3 is 10.2 Å². The first-order valence-corrected chi connectivity index (χ1v) is 11.9. The largest absolute Gasteiger partial charge is 0.351 e. The third kappa shape index (κ3) is 5.43. The molecule has 1 fully saturated rings. The first-order valence-electron chi connectivity index (χ1n) is 10.0. The number of aryl methyl sites for hydroxylation is 1. The second-order valence-electron chi connectivity index (χ2n) is 7.22. The van der Waals surface area contributed by atoms with E-state index in [4.69, 9.17) is 4.98 Å². The minimum absolute atomic E-state index is 0. The molecule has 0 saturated carbocycles. The fraction of sp³-hybridized carbons (Fsp3) is 0.364. The Balaban J connectivity index is 0.00000256. The molecule has 0 atom stereocenters. The van der Waals surface area contributed by atoms with Crippen LogP contribution in [0.25, 0.3) is 10.2 Å². The second kappa shape index (κ2) is 10.7. The molecule has 0 bridgehead atoms. The molecule has 1 N–H and O–H groups in total. The van der Waals surface area contributed by atoms with Crippen LogP contribution in [0.5, 0.6) is 0 Å². The Morgan fingerprint density at radius 3 is 2.67 bits per heavy atom. The highest BCUT2D eigenvalue weighted by Crippen LogP contribution is 2.30. The monoisotopic (exact) mass is 556 g/mol. The van der Waals surface area contributed by atoms with Crippen molar-refractivity contribution in [1.82, 2.24) is 15.2 Å². The maximum atomic E-state index is 12.3. The maximum absolute atomic E-state index is 12.3. The average Bonchev–Trinajstić information content (AvgIpc) is 3.17. The topological polar surface area (TPSA) is 48.5 Å². The van der Waals surface area contributed by atoms with Crippen LogP contribution in [0.1, 0.15) is 22.8 Å². The van der Waals surface area contributed by atoms with E-state index in [2.05, 4.69) is 62.8 Å². The van der Waals surface area contributed by atoms with Crippen LogP contribution in [-0.2, 0) is 6.42 Å². The summed E-state index contributed by atoms with van der Waals surface area (Å²) < 4.78 is 2.26. The van der Waals surface area contributed by atoms with Gasteiger partial charge in [0, 0.05) is 42.8 Å². The van der Waals surface area contributed by atoms with Crippen molar-refractivity contribution in [2.24, 2.45) is 0 Å². The summed E-state index contributed by atoms with van der Waals surface area (Å²) in [4.78, 5) is 22.0. The minimum Gasteiger partial charge on any atom is -0.351 e. The summed E-state index contributed by atoms with van der Waals surface area (Å²) in [6.45, 7) is 7.68. The Bertz CT molecular complexity index is 1000. The standard InChI is InChI=1S/C22H25IN4OS.ClH/c1-2-16-7-8-19-20(15-16)29-22(25-19)27-13-11-26(12-14-27)10-9-24-21(28)17-5-3-4-6-18(17)23;/h3-8,15H,2,9-14H2,1H3,(H,24,28);1H. The number of piperazine rings is 1. The summed E-state index contributed by atoms with van der Waals surface area (Å²) in [5.41, 5.74) is 3.22. The van der Waals surface area contributed by atoms with Crippen molar-refractivity contribution < 1.29 is 4.79 Å². The molecule has 30 heavy (non-hydrogen) atoms. The zero-order chi connectivity index (χ0) is 20.2. The lowest BCUT2D eigenvalue weighted by Gasteiger charge is -2.34. The van der Waals surface area contributed by atoms with E-state index in [-0.39, 0.29) is 18.3 Å². The molecule has 8 heteroatoms. The summed E-state index contributed by atoms with van der Waals surface area (Å²) in [5.74, 6) is 0.00885. The molecule has 0 spiro atoms. The molecule has 3 aromatic rings. The molecule has 5 nitrogen and oxygen atoms in total. The number of amides is 1. The third-order valence-corrected chi connectivity index (χ3v) is 7.34. The van der Waals surface area contributed by atoms with Crippen LogP contribution in [0.3, 0.4) is 0 Å². The molecule has 160 valence electrons. The fourth-order valence-corrected chi connectivity index (χ4v) is 5.26. The van der Waals surface area contributed by atoms with E-state index in [0.29, 0.717) is 6.54 Å². The van der Waals surface area contributed by atoms with Crippen molar-refractivity contribution in [3.63, 3.8) is 0 Å². The molecule has 0 radical (unpaired) electrons. The van der Waals surface area contributed by atoms with Crippen molar-refractivity contribution in [3.05, 3.63) is 57.2 Å². The molecule has 1 amide bonds. The van der Waals surface area contributed by atoms with E-state index in [1.807, 2.05) is 24.3 Å². The number of benzene rings is 2. The van der Waals surface area contributed by atoms with Crippen LogP contribution in [-0.4, -0.2) is 55.1 Å². The molecule has 0 unspecified atom stereocenters. The number of nitrogens with zero attached hydrogens (tertiary/aromatic N) is 3. The fourth-order valence-electron chi connectivity index (χ4n) is 3.54. The number of carbonyl (C=O) groups is 1. The average molecular weight is 557 g/mol. The number of fused-ring (bicyclic) bond motifs is 1. The summed E-state index contributed by atoms with van der Waals surface area (Å²) in [6.07, 6.45) is 1.06. The summed E-state index contributed by atoms with van der Waals surface area (Å²) in [7, 11) is 0. The van der Waals surface area contributed by atoms with Gasteiger partial charge in [-0.25, -0.2) is 4.98 Å². The smallest absolute Gasteiger partial charge is 0.252 e. The van der Waals surface area contributed by atoms with Crippen LogP contribution in [0, 0.1) is 3.57 Å². The van der Waals surface area contributed by atoms with E-state index in [0.717, 1.165) is 58.9 Å². The Morgan fingerprint density at radius 1 is 1.17 bits per heavy atom. The molecule has 1 saturated heterocycles. The van der Waals surface area contributed by atoms with E-state index in [1.54, 1.807) is 11.3 Å². The lowest BCUT2D eigenvalue weighted by Crippen LogP contribution is -2.48. The van der Waals surface area contributed by atoms with Gasteiger partial charge in [0.25, 0.3) is 5.91 Å². The van der Waals surface area contributed by atoms with Gasteiger partial charge in [0.1, 0.15) is 0 Å². The number of hydrogen-bond acceptors (Lipinski definition) is 5. The summed E-state index contributed by atoms with van der Waals surface area (Å²) in [5, 5.41) is 4.17. The summed E-state index contributed by atoms with van der Waals surface area (Å²) in [6, 6.07) is 14.3. The molecule has 4 rings (SSSR count). The highest BCUT2D eigenvalue weighted by molar-refractivity contribution is 14.1. The van der Waals surface area contributed by atoms with Crippen LogP contribution in [0.2, 0.25) is 0 Å². The van der Waals surface area contributed by atoms with Gasteiger partial charge >= 0.3 is 0 Å². The van der Waals surface area contributed by atoms with Crippen molar-refractivity contribution in [2.45, 2.75) is 13.3 Å². The highest BCUT2D eigenvalue weighted by Gasteiger charge is 2.20. The van der Waals surface area contributed by atoms with Gasteiger partial charge in [0.15, 0.2) is 5.13 Å². The van der Waals surface area contributed by atoms with Crippen molar-refractivity contribution in [2.75, 3.05) is 44.2 Å². The predicted molar refractivity (Wildman–Crippen MR) is 136 cm³/mol. The molecule has 0 aliphatic carbocycles. The number of halogens is 2. The number of carbonyl (C=O) groups excluding carboxylic acids is 1. The maximum Gasteiger partial charge on any atom is 0.252 e. The normalized spacial score (nSPS) is 14.5. The number of rotatable bonds is 6. The van der Waals surface area contributed by atoms with Crippen LogP contribution < -0.4 is 10.2 Å². The van der Waals surface area contributed by atoms with Crippen LogP contribution >= 0.6 is 46.3 Å². The molecule has 1 aliphatic rings. The van der Waals surface area contributed by atoms with Gasteiger partial charge in [0.2, 0.25) is 0 Å². The van der Waals surface area contributed by atoms with Crippen molar-refractivity contribution in [3.8, 4) is 0 Å². The highest BCUT2D eigenvalue weighted by atomic mass is 127. The molecule has 1 aromatic heterocycles. The van der Waals surface area contributed by atoms with Gasteiger partial charge in [-0.15, -0.1) is 12.4 Å². The molecular weight excluding hydrogens is 531 g/mol. The van der Waals surface area contributed by atoms with Crippen molar-refractivity contribution in [1.29, 1.82) is 0 Å². The number of hydrogen-bond donors (Lipinski definition) is 1. The van der Waals surface area contributed by atoms with Crippen LogP contribution in [0.4, 0.5) is 5.13 Å². The molecular formula is C22H26ClIN4OS. The van der Waals surface area contributed by atoms with Gasteiger partial charge in [-0.3, -0.25) is 9.69 Å². The third-order valence-electron chi connectivity index (χ3n) is 5.32.